The Balaban J connectivity index is 1.85. The number of amides is 1. The van der Waals surface area contributed by atoms with Crippen LogP contribution in [0.1, 0.15) is 40.6 Å². The second-order valence-electron chi connectivity index (χ2n) is 8.92. The van der Waals surface area contributed by atoms with Gasteiger partial charge in [-0.15, -0.1) is 0 Å². The standard InChI is InChI=1S/C29H30N2O3/c1-17-8-11-24(12-9-17)30-20(4)15-23(21(30)5)16-26-27(29(33)34-7)22(6)31(28(26)32)25-13-10-18(2)19(3)14-25/h8-16H,1-7H3/b26-16+. The molecular formula is C29H30N2O3. The quantitative estimate of drug-likeness (QED) is 0.364. The third-order valence-electron chi connectivity index (χ3n) is 6.60. The zero-order valence-electron chi connectivity index (χ0n) is 20.8. The van der Waals surface area contributed by atoms with Crippen LogP contribution in [0.15, 0.2) is 65.4 Å². The number of methoxy groups -OCH3 is 1. The second-order valence-corrected chi connectivity index (χ2v) is 8.92. The molecule has 0 radical (unpaired) electrons. The van der Waals surface area contributed by atoms with Gasteiger partial charge in [0.15, 0.2) is 0 Å². The van der Waals surface area contributed by atoms with Crippen molar-refractivity contribution in [1.82, 2.24) is 4.57 Å². The molecule has 2 aromatic carbocycles. The van der Waals surface area contributed by atoms with E-state index in [9.17, 15) is 9.59 Å². The minimum atomic E-state index is -0.518. The van der Waals surface area contributed by atoms with Gasteiger partial charge in [0.1, 0.15) is 0 Å². The van der Waals surface area contributed by atoms with Gasteiger partial charge in [-0.25, -0.2) is 4.79 Å². The number of allylic oxidation sites excluding steroid dienone is 1. The topological polar surface area (TPSA) is 51.5 Å². The molecule has 0 bridgehead atoms. The predicted octanol–water partition coefficient (Wildman–Crippen LogP) is 5.90. The van der Waals surface area contributed by atoms with E-state index in [-0.39, 0.29) is 5.91 Å². The van der Waals surface area contributed by atoms with Crippen LogP contribution in [0.25, 0.3) is 11.8 Å². The lowest BCUT2D eigenvalue weighted by atomic mass is 10.0. The van der Waals surface area contributed by atoms with Crippen LogP contribution < -0.4 is 4.90 Å². The van der Waals surface area contributed by atoms with Crippen molar-refractivity contribution in [2.75, 3.05) is 12.0 Å². The molecule has 0 fully saturated rings. The molecule has 0 N–H and O–H groups in total. The SMILES string of the molecule is COC(=O)C1=C(C)N(c2ccc(C)c(C)c2)C(=O)/C1=C/c1cc(C)n(-c2ccc(C)cc2)c1C. The summed E-state index contributed by atoms with van der Waals surface area (Å²) in [5, 5.41) is 0. The highest BCUT2D eigenvalue weighted by Crippen LogP contribution is 2.37. The van der Waals surface area contributed by atoms with Crippen LogP contribution in [0.2, 0.25) is 0 Å². The fourth-order valence-corrected chi connectivity index (χ4v) is 4.54. The summed E-state index contributed by atoms with van der Waals surface area (Å²) in [6.07, 6.45) is 1.81. The highest BCUT2D eigenvalue weighted by atomic mass is 16.5. The number of hydrogen-bond acceptors (Lipinski definition) is 3. The van der Waals surface area contributed by atoms with Crippen LogP contribution in [-0.2, 0) is 14.3 Å². The average Bonchev–Trinajstić information content (AvgIpc) is 3.22. The van der Waals surface area contributed by atoms with Crippen molar-refractivity contribution in [3.63, 3.8) is 0 Å². The first-order valence-corrected chi connectivity index (χ1v) is 11.3. The number of aromatic nitrogens is 1. The molecule has 3 aromatic rings. The molecule has 174 valence electrons. The fourth-order valence-electron chi connectivity index (χ4n) is 4.54. The number of esters is 1. The number of anilines is 1. The van der Waals surface area contributed by atoms with Crippen molar-refractivity contribution in [2.24, 2.45) is 0 Å². The van der Waals surface area contributed by atoms with Crippen LogP contribution in [0, 0.1) is 34.6 Å². The van der Waals surface area contributed by atoms with Gasteiger partial charge in [-0.05, 0) is 94.6 Å². The molecule has 0 aliphatic carbocycles. The van der Waals surface area contributed by atoms with Gasteiger partial charge < -0.3 is 9.30 Å². The average molecular weight is 455 g/mol. The second kappa shape index (κ2) is 8.82. The zero-order valence-corrected chi connectivity index (χ0v) is 20.8. The summed E-state index contributed by atoms with van der Waals surface area (Å²) in [5.74, 6) is -0.753. The fraction of sp³-hybridized carbons (Fsp3) is 0.241. The van der Waals surface area contributed by atoms with E-state index in [2.05, 4.69) is 35.8 Å². The van der Waals surface area contributed by atoms with E-state index in [0.29, 0.717) is 16.8 Å². The molecule has 1 amide bonds. The maximum absolute atomic E-state index is 13.7. The van der Waals surface area contributed by atoms with Crippen molar-refractivity contribution < 1.29 is 14.3 Å². The molecule has 0 saturated heterocycles. The van der Waals surface area contributed by atoms with Gasteiger partial charge in [0.25, 0.3) is 5.91 Å². The summed E-state index contributed by atoms with van der Waals surface area (Å²) in [7, 11) is 1.34. The Kier molecular flexibility index (Phi) is 6.05. The Morgan fingerprint density at radius 3 is 2.12 bits per heavy atom. The Morgan fingerprint density at radius 1 is 0.853 bits per heavy atom. The summed E-state index contributed by atoms with van der Waals surface area (Å²) in [6, 6.07) is 16.2. The minimum absolute atomic E-state index is 0.235. The molecule has 2 heterocycles. The van der Waals surface area contributed by atoms with Gasteiger partial charge in [0.2, 0.25) is 0 Å². The molecule has 0 unspecified atom stereocenters. The van der Waals surface area contributed by atoms with Crippen LogP contribution in [-0.4, -0.2) is 23.6 Å². The van der Waals surface area contributed by atoms with Crippen LogP contribution in [0.5, 0.6) is 0 Å². The summed E-state index contributed by atoms with van der Waals surface area (Å²) in [4.78, 5) is 28.0. The summed E-state index contributed by atoms with van der Waals surface area (Å²) in [6.45, 7) is 11.9. The number of nitrogens with zero attached hydrogens (tertiary/aromatic N) is 2. The zero-order chi connectivity index (χ0) is 24.7. The number of aryl methyl sites for hydroxylation is 4. The molecule has 1 aromatic heterocycles. The van der Waals surface area contributed by atoms with Crippen molar-refractivity contribution in [3.05, 3.63) is 99.0 Å². The number of benzene rings is 2. The minimum Gasteiger partial charge on any atom is -0.465 e. The Hall–Kier alpha value is -3.86. The van der Waals surface area contributed by atoms with E-state index in [1.807, 2.05) is 58.0 Å². The van der Waals surface area contributed by atoms with Gasteiger partial charge in [-0.1, -0.05) is 23.8 Å². The molecule has 0 saturated carbocycles. The van der Waals surface area contributed by atoms with Gasteiger partial charge in [0.05, 0.1) is 18.3 Å². The smallest absolute Gasteiger partial charge is 0.340 e. The molecule has 1 aliphatic rings. The van der Waals surface area contributed by atoms with Crippen molar-refractivity contribution in [2.45, 2.75) is 41.5 Å². The maximum Gasteiger partial charge on any atom is 0.340 e. The lowest BCUT2D eigenvalue weighted by molar-refractivity contribution is -0.136. The van der Waals surface area contributed by atoms with Crippen LogP contribution in [0.3, 0.4) is 0 Å². The van der Waals surface area contributed by atoms with Gasteiger partial charge in [-0.3, -0.25) is 9.69 Å². The summed E-state index contributed by atoms with van der Waals surface area (Å²) >= 11 is 0. The van der Waals surface area contributed by atoms with E-state index in [1.165, 1.54) is 12.7 Å². The maximum atomic E-state index is 13.7. The summed E-state index contributed by atoms with van der Waals surface area (Å²) < 4.78 is 7.22. The molecule has 1 aliphatic heterocycles. The first-order chi connectivity index (χ1) is 16.1. The monoisotopic (exact) mass is 454 g/mol. The Labute approximate surface area is 201 Å². The van der Waals surface area contributed by atoms with Crippen LogP contribution in [0.4, 0.5) is 5.69 Å². The van der Waals surface area contributed by atoms with E-state index < -0.39 is 5.97 Å². The van der Waals surface area contributed by atoms with Crippen molar-refractivity contribution in [3.8, 4) is 5.69 Å². The third-order valence-corrected chi connectivity index (χ3v) is 6.60. The van der Waals surface area contributed by atoms with Gasteiger partial charge >= 0.3 is 5.97 Å². The summed E-state index contributed by atoms with van der Waals surface area (Å²) in [5.41, 5.74) is 9.34. The third kappa shape index (κ3) is 3.87. The van der Waals surface area contributed by atoms with E-state index in [1.54, 1.807) is 11.8 Å². The van der Waals surface area contributed by atoms with E-state index in [0.717, 1.165) is 39.5 Å². The molecular weight excluding hydrogens is 424 g/mol. The first-order valence-electron chi connectivity index (χ1n) is 11.3. The Morgan fingerprint density at radius 2 is 1.50 bits per heavy atom. The largest absolute Gasteiger partial charge is 0.465 e. The molecule has 5 nitrogen and oxygen atoms in total. The Bertz CT molecular complexity index is 1370. The normalized spacial score (nSPS) is 15.0. The number of ether oxygens (including phenoxy) is 1. The molecule has 0 spiro atoms. The van der Waals surface area contributed by atoms with Crippen molar-refractivity contribution in [1.29, 1.82) is 0 Å². The highest BCUT2D eigenvalue weighted by Gasteiger charge is 2.38. The molecule has 34 heavy (non-hydrogen) atoms. The molecule has 5 heteroatoms. The predicted molar refractivity (Wildman–Crippen MR) is 136 cm³/mol. The first kappa shape index (κ1) is 23.3. The lowest BCUT2D eigenvalue weighted by Gasteiger charge is -2.19. The van der Waals surface area contributed by atoms with E-state index in [4.69, 9.17) is 4.74 Å². The molecule has 4 rings (SSSR count). The van der Waals surface area contributed by atoms with E-state index >= 15 is 0 Å². The van der Waals surface area contributed by atoms with Crippen LogP contribution >= 0.6 is 0 Å². The number of carbonyl (C=O) groups is 2. The van der Waals surface area contributed by atoms with Gasteiger partial charge in [-0.2, -0.15) is 0 Å². The molecule has 0 atom stereocenters. The number of carbonyl (C=O) groups excluding carboxylic acids is 2. The van der Waals surface area contributed by atoms with Gasteiger partial charge in [0, 0.05) is 28.5 Å². The lowest BCUT2D eigenvalue weighted by Crippen LogP contribution is -2.24. The highest BCUT2D eigenvalue weighted by molar-refractivity contribution is 6.23. The number of rotatable bonds is 4. The number of hydrogen-bond donors (Lipinski definition) is 0. The van der Waals surface area contributed by atoms with Crippen molar-refractivity contribution >= 4 is 23.6 Å².